The van der Waals surface area contributed by atoms with Crippen molar-refractivity contribution in [2.45, 2.75) is 32.2 Å². The first-order valence-electron chi connectivity index (χ1n) is 11.2. The number of piperidine rings is 1. The van der Waals surface area contributed by atoms with Crippen molar-refractivity contribution in [1.82, 2.24) is 19.5 Å². The molecule has 0 aliphatic carbocycles. The SMILES string of the molecule is C=C(C)C(=O)N1CCCC[C@H]1c1nc(-c2ccc(C(=O)Nc3ccccn3)cc2)c(C(N)=O)n1N. The Morgan fingerprint density at radius 2 is 1.86 bits per heavy atom. The number of nitrogens with zero attached hydrogens (tertiary/aromatic N) is 4. The Kier molecular flexibility index (Phi) is 6.63. The van der Waals surface area contributed by atoms with E-state index >= 15 is 0 Å². The number of benzene rings is 1. The fourth-order valence-electron chi connectivity index (χ4n) is 4.21. The number of nitrogens with two attached hydrogens (primary N) is 2. The Morgan fingerprint density at radius 3 is 2.49 bits per heavy atom. The first kappa shape index (κ1) is 23.7. The van der Waals surface area contributed by atoms with Gasteiger partial charge in [0.15, 0.2) is 11.5 Å². The second kappa shape index (κ2) is 9.80. The van der Waals surface area contributed by atoms with Crippen LogP contribution in [-0.2, 0) is 4.79 Å². The highest BCUT2D eigenvalue weighted by Crippen LogP contribution is 2.34. The number of primary amides is 1. The van der Waals surface area contributed by atoms with E-state index in [0.29, 0.717) is 47.0 Å². The van der Waals surface area contributed by atoms with Gasteiger partial charge in [-0.25, -0.2) is 14.6 Å². The molecular weight excluding hydrogens is 446 g/mol. The number of aromatic nitrogens is 3. The summed E-state index contributed by atoms with van der Waals surface area (Å²) in [5, 5.41) is 2.72. The lowest BCUT2D eigenvalue weighted by molar-refractivity contribution is -0.131. The van der Waals surface area contributed by atoms with Gasteiger partial charge in [-0.2, -0.15) is 0 Å². The number of hydrogen-bond donors (Lipinski definition) is 3. The molecule has 3 amide bonds. The highest BCUT2D eigenvalue weighted by molar-refractivity contribution is 6.04. The third-order valence-corrected chi connectivity index (χ3v) is 5.93. The van der Waals surface area contributed by atoms with Crippen LogP contribution < -0.4 is 16.9 Å². The molecule has 1 saturated heterocycles. The molecule has 35 heavy (non-hydrogen) atoms. The molecular formula is C25H27N7O3. The van der Waals surface area contributed by atoms with Crippen molar-refractivity contribution >= 4 is 23.5 Å². The van der Waals surface area contributed by atoms with Gasteiger partial charge in [-0.3, -0.25) is 14.4 Å². The quantitative estimate of drug-likeness (QED) is 0.370. The van der Waals surface area contributed by atoms with Gasteiger partial charge in [-0.1, -0.05) is 24.8 Å². The van der Waals surface area contributed by atoms with Gasteiger partial charge in [0.1, 0.15) is 11.5 Å². The zero-order chi connectivity index (χ0) is 25.1. The number of nitrogen functional groups attached to an aromatic ring is 1. The number of carbonyl (C=O) groups is 3. The lowest BCUT2D eigenvalue weighted by Crippen LogP contribution is -2.41. The highest BCUT2D eigenvalue weighted by atomic mass is 16.2. The van der Waals surface area contributed by atoms with Gasteiger partial charge in [-0.15, -0.1) is 0 Å². The van der Waals surface area contributed by atoms with Gasteiger partial charge in [0, 0.05) is 29.4 Å². The van der Waals surface area contributed by atoms with Crippen LogP contribution >= 0.6 is 0 Å². The maximum absolute atomic E-state index is 12.7. The molecule has 1 aliphatic rings. The van der Waals surface area contributed by atoms with Crippen molar-refractivity contribution in [2.75, 3.05) is 17.7 Å². The zero-order valence-electron chi connectivity index (χ0n) is 19.4. The molecule has 0 spiro atoms. The standard InChI is InChI=1S/C25H27N7O3/c1-15(2)25(35)31-14-6-4-7-18(31)23-30-20(21(22(26)33)32(23)27)16-9-11-17(12-10-16)24(34)29-19-8-3-5-13-28-19/h3,5,8-13,18H,1,4,6-7,14,27H2,2H3,(H2,26,33)(H,28,29,34)/t18-/m0/s1. The molecule has 180 valence electrons. The number of hydrogen-bond acceptors (Lipinski definition) is 6. The van der Waals surface area contributed by atoms with E-state index in [9.17, 15) is 14.4 Å². The van der Waals surface area contributed by atoms with Gasteiger partial charge in [0.05, 0.1) is 6.04 Å². The Hall–Kier alpha value is -4.47. The molecule has 1 aliphatic heterocycles. The van der Waals surface area contributed by atoms with Crippen LogP contribution in [0, 0.1) is 0 Å². The van der Waals surface area contributed by atoms with Gasteiger partial charge >= 0.3 is 0 Å². The van der Waals surface area contributed by atoms with E-state index in [2.05, 4.69) is 21.9 Å². The topological polar surface area (TPSA) is 149 Å². The lowest BCUT2D eigenvalue weighted by atomic mass is 10.0. The Bertz CT molecular complexity index is 1280. The predicted molar refractivity (Wildman–Crippen MR) is 132 cm³/mol. The van der Waals surface area contributed by atoms with Crippen LogP contribution in [-0.4, -0.2) is 43.8 Å². The zero-order valence-corrected chi connectivity index (χ0v) is 19.4. The van der Waals surface area contributed by atoms with Crippen LogP contribution in [0.5, 0.6) is 0 Å². The number of likely N-dealkylation sites (tertiary alicyclic amines) is 1. The van der Waals surface area contributed by atoms with E-state index in [1.807, 2.05) is 0 Å². The Morgan fingerprint density at radius 1 is 1.11 bits per heavy atom. The van der Waals surface area contributed by atoms with Crippen molar-refractivity contribution in [1.29, 1.82) is 0 Å². The molecule has 4 rings (SSSR count). The number of anilines is 1. The van der Waals surface area contributed by atoms with Crippen molar-refractivity contribution < 1.29 is 14.4 Å². The van der Waals surface area contributed by atoms with Crippen LogP contribution in [0.4, 0.5) is 5.82 Å². The largest absolute Gasteiger partial charge is 0.364 e. The van der Waals surface area contributed by atoms with Crippen molar-refractivity contribution in [3.8, 4) is 11.3 Å². The monoisotopic (exact) mass is 473 g/mol. The number of amides is 3. The highest BCUT2D eigenvalue weighted by Gasteiger charge is 2.34. The molecule has 0 unspecified atom stereocenters. The van der Waals surface area contributed by atoms with Crippen LogP contribution in [0.15, 0.2) is 60.8 Å². The number of carbonyl (C=O) groups excluding carboxylic acids is 3. The molecule has 0 saturated carbocycles. The van der Waals surface area contributed by atoms with Gasteiger partial charge in [0.25, 0.3) is 11.8 Å². The minimum absolute atomic E-state index is 0.0268. The summed E-state index contributed by atoms with van der Waals surface area (Å²) >= 11 is 0. The number of pyridine rings is 1. The summed E-state index contributed by atoms with van der Waals surface area (Å²) in [5.74, 6) is 5.86. The second-order valence-electron chi connectivity index (χ2n) is 8.44. The third kappa shape index (κ3) is 4.77. The molecule has 10 heteroatoms. The summed E-state index contributed by atoms with van der Waals surface area (Å²) in [4.78, 5) is 48.0. The van der Waals surface area contributed by atoms with Crippen molar-refractivity contribution in [3.63, 3.8) is 0 Å². The fourth-order valence-corrected chi connectivity index (χ4v) is 4.21. The first-order valence-corrected chi connectivity index (χ1v) is 11.2. The summed E-state index contributed by atoms with van der Waals surface area (Å²) in [6, 6.07) is 11.4. The Balaban J connectivity index is 1.67. The van der Waals surface area contributed by atoms with Gasteiger partial charge in [0.2, 0.25) is 5.91 Å². The Labute approximate surface area is 202 Å². The second-order valence-corrected chi connectivity index (χ2v) is 8.44. The fraction of sp³-hybridized carbons (Fsp3) is 0.240. The van der Waals surface area contributed by atoms with Crippen LogP contribution in [0.3, 0.4) is 0 Å². The van der Waals surface area contributed by atoms with E-state index in [4.69, 9.17) is 11.6 Å². The normalized spacial score (nSPS) is 15.5. The van der Waals surface area contributed by atoms with E-state index in [1.54, 1.807) is 60.5 Å². The maximum Gasteiger partial charge on any atom is 0.269 e. The molecule has 0 radical (unpaired) electrons. The number of rotatable bonds is 6. The van der Waals surface area contributed by atoms with Crippen LogP contribution in [0.2, 0.25) is 0 Å². The van der Waals surface area contributed by atoms with Crippen LogP contribution in [0.25, 0.3) is 11.3 Å². The molecule has 2 aromatic heterocycles. The molecule has 1 fully saturated rings. The van der Waals surface area contributed by atoms with E-state index < -0.39 is 11.9 Å². The summed E-state index contributed by atoms with van der Waals surface area (Å²) < 4.78 is 1.17. The number of imidazole rings is 1. The van der Waals surface area contributed by atoms with E-state index in [1.165, 1.54) is 4.68 Å². The van der Waals surface area contributed by atoms with Crippen LogP contribution in [0.1, 0.15) is 58.9 Å². The molecule has 1 atom stereocenters. The van der Waals surface area contributed by atoms with E-state index in [0.717, 1.165) is 12.8 Å². The van der Waals surface area contributed by atoms with Crippen molar-refractivity contribution in [2.24, 2.45) is 5.73 Å². The smallest absolute Gasteiger partial charge is 0.269 e. The molecule has 3 aromatic rings. The minimum Gasteiger partial charge on any atom is -0.364 e. The summed E-state index contributed by atoms with van der Waals surface area (Å²) in [7, 11) is 0. The molecule has 3 heterocycles. The third-order valence-electron chi connectivity index (χ3n) is 5.93. The average Bonchev–Trinajstić information content (AvgIpc) is 3.21. The summed E-state index contributed by atoms with van der Waals surface area (Å²) in [6.07, 6.45) is 3.98. The minimum atomic E-state index is -0.744. The number of nitrogens with one attached hydrogen (secondary N) is 1. The van der Waals surface area contributed by atoms with Gasteiger partial charge < -0.3 is 21.8 Å². The first-order chi connectivity index (χ1) is 16.8. The molecule has 10 nitrogen and oxygen atoms in total. The molecule has 1 aromatic carbocycles. The molecule has 5 N–H and O–H groups in total. The molecule has 0 bridgehead atoms. The lowest BCUT2D eigenvalue weighted by Gasteiger charge is -2.35. The average molecular weight is 474 g/mol. The predicted octanol–water partition coefficient (Wildman–Crippen LogP) is 2.64. The maximum atomic E-state index is 12.7. The van der Waals surface area contributed by atoms with Crippen molar-refractivity contribution in [3.05, 3.63) is 77.9 Å². The summed E-state index contributed by atoms with van der Waals surface area (Å²) in [5.41, 5.74) is 7.36. The van der Waals surface area contributed by atoms with E-state index in [-0.39, 0.29) is 17.5 Å². The van der Waals surface area contributed by atoms with Gasteiger partial charge in [-0.05, 0) is 50.5 Å². The summed E-state index contributed by atoms with van der Waals surface area (Å²) in [6.45, 7) is 5.98.